The maximum Gasteiger partial charge on any atom is 0.274 e. The van der Waals surface area contributed by atoms with Crippen molar-refractivity contribution in [2.75, 3.05) is 13.2 Å². The minimum Gasteiger partial charge on any atom is -0.491 e. The van der Waals surface area contributed by atoms with Crippen LogP contribution in [0.25, 0.3) is 0 Å². The minimum atomic E-state index is -0.597. The van der Waals surface area contributed by atoms with Gasteiger partial charge in [-0.3, -0.25) is 14.8 Å². The molecular formula is C24H26N2O5. The fourth-order valence-corrected chi connectivity index (χ4v) is 5.29. The lowest BCUT2D eigenvalue weighted by atomic mass is 9.66. The van der Waals surface area contributed by atoms with Gasteiger partial charge in [-0.1, -0.05) is 43.5 Å². The summed E-state index contributed by atoms with van der Waals surface area (Å²) in [6, 6.07) is 13.0. The number of nitrogens with one attached hydrogen (secondary N) is 1. The van der Waals surface area contributed by atoms with Gasteiger partial charge in [0.05, 0.1) is 6.54 Å². The monoisotopic (exact) mass is 422 g/mol. The number of ether oxygens (including phenoxy) is 2. The second-order valence-corrected chi connectivity index (χ2v) is 8.58. The van der Waals surface area contributed by atoms with E-state index in [1.54, 1.807) is 23.7 Å². The van der Waals surface area contributed by atoms with Crippen molar-refractivity contribution in [2.24, 2.45) is 0 Å². The Balaban J connectivity index is 1.43. The number of carbonyl (C=O) groups is 2. The van der Waals surface area contributed by atoms with Crippen LogP contribution in [0.5, 0.6) is 11.5 Å². The summed E-state index contributed by atoms with van der Waals surface area (Å²) in [7, 11) is 0. The molecule has 3 aliphatic rings. The van der Waals surface area contributed by atoms with Crippen molar-refractivity contribution in [3.63, 3.8) is 0 Å². The van der Waals surface area contributed by atoms with E-state index in [1.165, 1.54) is 12.0 Å². The number of amides is 2. The van der Waals surface area contributed by atoms with E-state index in [-0.39, 0.29) is 11.3 Å². The molecule has 1 saturated carbocycles. The lowest BCUT2D eigenvalue weighted by Gasteiger charge is -2.38. The number of benzene rings is 2. The van der Waals surface area contributed by atoms with Crippen LogP contribution in [0.15, 0.2) is 42.5 Å². The molecule has 1 fully saturated rings. The zero-order chi connectivity index (χ0) is 21.4. The Hall–Kier alpha value is -3.06. The van der Waals surface area contributed by atoms with Crippen molar-refractivity contribution in [1.29, 1.82) is 0 Å². The van der Waals surface area contributed by atoms with Crippen LogP contribution in [0.3, 0.4) is 0 Å². The summed E-state index contributed by atoms with van der Waals surface area (Å²) < 4.78 is 12.1. The Labute approximate surface area is 180 Å². The third-order valence-electron chi connectivity index (χ3n) is 6.86. The molecule has 0 radical (unpaired) electrons. The largest absolute Gasteiger partial charge is 0.491 e. The van der Waals surface area contributed by atoms with Gasteiger partial charge in [-0.05, 0) is 31.0 Å². The van der Waals surface area contributed by atoms with Crippen LogP contribution < -0.4 is 15.0 Å². The summed E-state index contributed by atoms with van der Waals surface area (Å²) in [5, 5.41) is 8.87. The Morgan fingerprint density at radius 1 is 1.06 bits per heavy atom. The number of fused-ring (bicyclic) bond motifs is 3. The quantitative estimate of drug-likeness (QED) is 0.573. The van der Waals surface area contributed by atoms with Crippen LogP contribution in [0.2, 0.25) is 0 Å². The van der Waals surface area contributed by atoms with Gasteiger partial charge < -0.3 is 14.4 Å². The first-order valence-electron chi connectivity index (χ1n) is 10.9. The standard InChI is InChI=1S/C24H26N2O5/c27-22(25-29)16-8-9-17-15-26(12-13-30-20(17)14-16)23(28)21-24(10-4-1-5-11-24)18-6-2-3-7-19(18)31-21/h2-3,6-9,14,21,29H,1,4-5,10-13,15H2,(H,25,27). The molecule has 162 valence electrons. The molecule has 1 spiro atoms. The van der Waals surface area contributed by atoms with Crippen molar-refractivity contribution in [1.82, 2.24) is 10.4 Å². The van der Waals surface area contributed by atoms with Gasteiger partial charge in [0.2, 0.25) is 0 Å². The first-order chi connectivity index (χ1) is 15.1. The lowest BCUT2D eigenvalue weighted by Crippen LogP contribution is -2.51. The summed E-state index contributed by atoms with van der Waals surface area (Å²) in [6.45, 7) is 1.17. The average Bonchev–Trinajstić information content (AvgIpc) is 2.97. The summed E-state index contributed by atoms with van der Waals surface area (Å²) >= 11 is 0. The fourth-order valence-electron chi connectivity index (χ4n) is 5.29. The zero-order valence-corrected chi connectivity index (χ0v) is 17.3. The highest BCUT2D eigenvalue weighted by molar-refractivity contribution is 5.94. The van der Waals surface area contributed by atoms with E-state index in [0.717, 1.165) is 37.0 Å². The van der Waals surface area contributed by atoms with Gasteiger partial charge in [0.15, 0.2) is 6.10 Å². The van der Waals surface area contributed by atoms with Gasteiger partial charge in [0.25, 0.3) is 11.8 Å². The number of hydrogen-bond donors (Lipinski definition) is 2. The molecule has 0 bridgehead atoms. The van der Waals surface area contributed by atoms with Crippen LogP contribution in [0, 0.1) is 0 Å². The average molecular weight is 422 g/mol. The summed E-state index contributed by atoms with van der Waals surface area (Å²) in [5.41, 5.74) is 3.67. The number of hydroxylamine groups is 1. The number of nitrogens with zero attached hydrogens (tertiary/aromatic N) is 1. The van der Waals surface area contributed by atoms with Gasteiger partial charge >= 0.3 is 0 Å². The maximum absolute atomic E-state index is 13.8. The third-order valence-corrected chi connectivity index (χ3v) is 6.86. The highest BCUT2D eigenvalue weighted by Gasteiger charge is 2.53. The molecule has 1 atom stereocenters. The van der Waals surface area contributed by atoms with Crippen LogP contribution in [0.4, 0.5) is 0 Å². The third kappa shape index (κ3) is 3.33. The fraction of sp³-hybridized carbons (Fsp3) is 0.417. The van der Waals surface area contributed by atoms with Gasteiger partial charge in [-0.2, -0.15) is 0 Å². The molecule has 2 aliphatic heterocycles. The molecule has 2 N–H and O–H groups in total. The topological polar surface area (TPSA) is 88.1 Å². The second kappa shape index (κ2) is 7.89. The Morgan fingerprint density at radius 3 is 2.68 bits per heavy atom. The van der Waals surface area contributed by atoms with Crippen LogP contribution >= 0.6 is 0 Å². The van der Waals surface area contributed by atoms with E-state index >= 15 is 0 Å². The molecule has 7 nitrogen and oxygen atoms in total. The molecule has 0 aromatic heterocycles. The molecule has 2 heterocycles. The number of carbonyl (C=O) groups excluding carboxylic acids is 2. The molecule has 1 unspecified atom stereocenters. The van der Waals surface area contributed by atoms with Crippen LogP contribution in [0.1, 0.15) is 53.6 Å². The molecule has 31 heavy (non-hydrogen) atoms. The second-order valence-electron chi connectivity index (χ2n) is 8.58. The molecule has 0 saturated heterocycles. The van der Waals surface area contributed by atoms with E-state index < -0.39 is 12.0 Å². The van der Waals surface area contributed by atoms with E-state index in [1.807, 2.05) is 23.1 Å². The molecule has 2 aromatic rings. The van der Waals surface area contributed by atoms with Crippen molar-refractivity contribution in [3.05, 3.63) is 59.2 Å². The first-order valence-corrected chi connectivity index (χ1v) is 10.9. The van der Waals surface area contributed by atoms with Gasteiger partial charge in [-0.25, -0.2) is 5.48 Å². The number of para-hydroxylation sites is 1. The molecule has 7 heteroatoms. The molecule has 1 aliphatic carbocycles. The van der Waals surface area contributed by atoms with Crippen molar-refractivity contribution >= 4 is 11.8 Å². The lowest BCUT2D eigenvalue weighted by molar-refractivity contribution is -0.142. The van der Waals surface area contributed by atoms with E-state index in [2.05, 4.69) is 6.07 Å². The zero-order valence-electron chi connectivity index (χ0n) is 17.3. The smallest absolute Gasteiger partial charge is 0.274 e. The predicted octanol–water partition coefficient (Wildman–Crippen LogP) is 3.19. The number of hydrogen-bond acceptors (Lipinski definition) is 5. The highest BCUT2D eigenvalue weighted by Crippen LogP contribution is 2.52. The highest BCUT2D eigenvalue weighted by atomic mass is 16.5. The van der Waals surface area contributed by atoms with E-state index in [4.69, 9.17) is 14.7 Å². The normalized spacial score (nSPS) is 21.3. The maximum atomic E-state index is 13.8. The van der Waals surface area contributed by atoms with Crippen molar-refractivity contribution < 1.29 is 24.3 Å². The Bertz CT molecular complexity index is 1010. The Kier molecular flexibility index (Phi) is 5.06. The minimum absolute atomic E-state index is 0.00766. The van der Waals surface area contributed by atoms with Crippen LogP contribution in [-0.2, 0) is 16.8 Å². The van der Waals surface area contributed by atoms with Crippen molar-refractivity contribution in [3.8, 4) is 11.5 Å². The van der Waals surface area contributed by atoms with Gasteiger partial charge in [0.1, 0.15) is 18.1 Å². The first kappa shape index (κ1) is 19.9. The number of rotatable bonds is 2. The molecule has 2 amide bonds. The van der Waals surface area contributed by atoms with E-state index in [0.29, 0.717) is 31.0 Å². The molecule has 5 rings (SSSR count). The van der Waals surface area contributed by atoms with Gasteiger partial charge in [-0.15, -0.1) is 0 Å². The summed E-state index contributed by atoms with van der Waals surface area (Å²) in [6.07, 6.45) is 4.79. The predicted molar refractivity (Wildman–Crippen MR) is 112 cm³/mol. The molecule has 2 aromatic carbocycles. The molecular weight excluding hydrogens is 396 g/mol. The van der Waals surface area contributed by atoms with Crippen LogP contribution in [-0.4, -0.2) is 41.2 Å². The SMILES string of the molecule is O=C(NO)c1ccc2c(c1)OCCN(C(=O)C1Oc3ccccc3C13CCCCC3)C2. The van der Waals surface area contributed by atoms with E-state index in [9.17, 15) is 9.59 Å². The summed E-state index contributed by atoms with van der Waals surface area (Å²) in [4.78, 5) is 27.3. The summed E-state index contributed by atoms with van der Waals surface area (Å²) in [5.74, 6) is 0.778. The van der Waals surface area contributed by atoms with Crippen molar-refractivity contribution in [2.45, 2.75) is 50.2 Å². The van der Waals surface area contributed by atoms with Gasteiger partial charge in [0, 0.05) is 28.7 Å². The Morgan fingerprint density at radius 2 is 1.87 bits per heavy atom.